The van der Waals surface area contributed by atoms with Crippen molar-refractivity contribution in [2.75, 3.05) is 25.5 Å². The van der Waals surface area contributed by atoms with E-state index >= 15 is 0 Å². The Balaban J connectivity index is 2.06. The first-order valence-electron chi connectivity index (χ1n) is 9.34. The Morgan fingerprint density at radius 2 is 1.83 bits per heavy atom. The highest BCUT2D eigenvalue weighted by Crippen LogP contribution is 2.26. The van der Waals surface area contributed by atoms with Gasteiger partial charge < -0.3 is 10.6 Å². The molecule has 0 atom stereocenters. The van der Waals surface area contributed by atoms with E-state index in [0.717, 1.165) is 18.5 Å². The highest BCUT2D eigenvalue weighted by atomic mass is 35.5. The van der Waals surface area contributed by atoms with Crippen molar-refractivity contribution in [2.24, 2.45) is 0 Å². The number of nitrogens with zero attached hydrogens (tertiary/aromatic N) is 3. The van der Waals surface area contributed by atoms with Gasteiger partial charge in [0.05, 0.1) is 5.69 Å². The van der Waals surface area contributed by atoms with Gasteiger partial charge in [0, 0.05) is 17.1 Å². The van der Waals surface area contributed by atoms with E-state index in [1.807, 2.05) is 26.1 Å². The Morgan fingerprint density at radius 1 is 1.14 bits per heavy atom. The van der Waals surface area contributed by atoms with Crippen LogP contribution >= 0.6 is 11.6 Å². The minimum atomic E-state index is -0.285. The lowest BCUT2D eigenvalue weighted by Crippen LogP contribution is -2.15. The predicted octanol–water partition coefficient (Wildman–Crippen LogP) is 3.96. The van der Waals surface area contributed by atoms with Crippen molar-refractivity contribution in [3.63, 3.8) is 0 Å². The molecule has 0 unspecified atom stereocenters. The fourth-order valence-corrected chi connectivity index (χ4v) is 3.05. The van der Waals surface area contributed by atoms with Crippen LogP contribution in [0.5, 0.6) is 0 Å². The lowest BCUT2D eigenvalue weighted by Gasteiger charge is -2.10. The number of halogens is 1. The highest BCUT2D eigenvalue weighted by Gasteiger charge is 2.24. The maximum Gasteiger partial charge on any atom is 0.214 e. The van der Waals surface area contributed by atoms with Gasteiger partial charge in [0.1, 0.15) is 17.5 Å². The molecule has 0 amide bonds. The van der Waals surface area contributed by atoms with E-state index in [9.17, 15) is 10.1 Å². The van der Waals surface area contributed by atoms with Crippen LogP contribution in [0.3, 0.4) is 0 Å². The first kappa shape index (κ1) is 20.6. The second-order valence-corrected chi connectivity index (χ2v) is 7.09. The smallest absolute Gasteiger partial charge is 0.214 e. The Hall–Kier alpha value is -3.14. The molecule has 29 heavy (non-hydrogen) atoms. The summed E-state index contributed by atoms with van der Waals surface area (Å²) in [4.78, 5) is 13.1. The van der Waals surface area contributed by atoms with Crippen LogP contribution in [-0.2, 0) is 0 Å². The molecule has 2 aromatic carbocycles. The molecule has 3 aromatic rings. The van der Waals surface area contributed by atoms with E-state index in [2.05, 4.69) is 21.8 Å². The average Bonchev–Trinajstić information content (AvgIpc) is 3.10. The van der Waals surface area contributed by atoms with Gasteiger partial charge in [-0.3, -0.25) is 4.79 Å². The molecule has 7 heteroatoms. The summed E-state index contributed by atoms with van der Waals surface area (Å²) in [5, 5.41) is 21.3. The third-order valence-corrected chi connectivity index (χ3v) is 4.75. The van der Waals surface area contributed by atoms with E-state index in [-0.39, 0.29) is 17.0 Å². The van der Waals surface area contributed by atoms with E-state index in [4.69, 9.17) is 11.6 Å². The molecule has 0 fully saturated rings. The molecule has 0 aliphatic rings. The van der Waals surface area contributed by atoms with Crippen molar-refractivity contribution in [1.29, 1.82) is 5.26 Å². The molecule has 1 heterocycles. The van der Waals surface area contributed by atoms with Crippen LogP contribution in [0.4, 0.5) is 5.82 Å². The third-order valence-electron chi connectivity index (χ3n) is 4.49. The van der Waals surface area contributed by atoms with Crippen LogP contribution in [0.15, 0.2) is 48.5 Å². The van der Waals surface area contributed by atoms with Crippen molar-refractivity contribution in [3.05, 3.63) is 75.9 Å². The summed E-state index contributed by atoms with van der Waals surface area (Å²) >= 11 is 6.01. The van der Waals surface area contributed by atoms with E-state index in [0.29, 0.717) is 28.6 Å². The van der Waals surface area contributed by atoms with Crippen molar-refractivity contribution < 1.29 is 4.79 Å². The summed E-state index contributed by atoms with van der Waals surface area (Å²) < 4.78 is 1.59. The predicted molar refractivity (Wildman–Crippen MR) is 115 cm³/mol. The first-order chi connectivity index (χ1) is 14.0. The standard InChI is InChI=1S/C22H22ClN5O/c1-15-4-6-16(7-5-15)21(29)20-19(14-24)22(26-13-3-12-25-2)28(27-20)18-10-8-17(23)9-11-18/h4-11,25-26H,3,12-13H2,1-2H3. The topological polar surface area (TPSA) is 82.7 Å². The monoisotopic (exact) mass is 407 g/mol. The molecule has 3 rings (SSSR count). The van der Waals surface area contributed by atoms with Crippen molar-refractivity contribution >= 4 is 23.2 Å². The zero-order chi connectivity index (χ0) is 20.8. The number of carbonyl (C=O) groups is 1. The number of aryl methyl sites for hydroxylation is 1. The van der Waals surface area contributed by atoms with Gasteiger partial charge in [-0.1, -0.05) is 41.4 Å². The number of anilines is 1. The van der Waals surface area contributed by atoms with Gasteiger partial charge in [0.25, 0.3) is 0 Å². The largest absolute Gasteiger partial charge is 0.369 e. The average molecular weight is 408 g/mol. The van der Waals surface area contributed by atoms with Gasteiger partial charge >= 0.3 is 0 Å². The van der Waals surface area contributed by atoms with Crippen molar-refractivity contribution in [3.8, 4) is 11.8 Å². The Morgan fingerprint density at radius 3 is 2.45 bits per heavy atom. The van der Waals surface area contributed by atoms with E-state index in [1.165, 1.54) is 0 Å². The molecule has 0 aliphatic carbocycles. The van der Waals surface area contributed by atoms with Gasteiger partial charge in [-0.05, 0) is 51.2 Å². The fourth-order valence-electron chi connectivity index (χ4n) is 2.93. The van der Waals surface area contributed by atoms with E-state index in [1.54, 1.807) is 41.1 Å². The summed E-state index contributed by atoms with van der Waals surface area (Å²) in [5.74, 6) is 0.217. The van der Waals surface area contributed by atoms with Gasteiger partial charge in [0.2, 0.25) is 5.78 Å². The molecule has 6 nitrogen and oxygen atoms in total. The van der Waals surface area contributed by atoms with Crippen LogP contribution in [-0.4, -0.2) is 35.7 Å². The quantitative estimate of drug-likeness (QED) is 0.436. The second-order valence-electron chi connectivity index (χ2n) is 6.65. The first-order valence-corrected chi connectivity index (χ1v) is 9.72. The molecule has 0 saturated heterocycles. The third kappa shape index (κ3) is 4.65. The molecule has 0 bridgehead atoms. The minimum absolute atomic E-state index is 0.127. The lowest BCUT2D eigenvalue weighted by molar-refractivity contribution is 0.103. The number of nitriles is 1. The number of aromatic nitrogens is 2. The number of carbonyl (C=O) groups excluding carboxylic acids is 1. The van der Waals surface area contributed by atoms with Crippen LogP contribution in [0.25, 0.3) is 5.69 Å². The van der Waals surface area contributed by atoms with Gasteiger partial charge in [0.15, 0.2) is 5.69 Å². The number of nitrogens with one attached hydrogen (secondary N) is 2. The maximum absolute atomic E-state index is 13.1. The summed E-state index contributed by atoms with van der Waals surface area (Å²) in [7, 11) is 1.89. The Kier molecular flexibility index (Phi) is 6.65. The second kappa shape index (κ2) is 9.37. The lowest BCUT2D eigenvalue weighted by atomic mass is 10.0. The van der Waals surface area contributed by atoms with Crippen LogP contribution in [0.2, 0.25) is 5.02 Å². The van der Waals surface area contributed by atoms with Crippen LogP contribution < -0.4 is 10.6 Å². The highest BCUT2D eigenvalue weighted by molar-refractivity contribution is 6.30. The fraction of sp³-hybridized carbons (Fsp3) is 0.227. The van der Waals surface area contributed by atoms with E-state index < -0.39 is 0 Å². The summed E-state index contributed by atoms with van der Waals surface area (Å²) in [6.07, 6.45) is 0.856. The molecule has 0 aliphatic heterocycles. The van der Waals surface area contributed by atoms with Crippen LogP contribution in [0.1, 0.15) is 33.6 Å². The maximum atomic E-state index is 13.1. The van der Waals surface area contributed by atoms with Crippen LogP contribution in [0, 0.1) is 18.3 Å². The molecule has 2 N–H and O–H groups in total. The number of hydrogen-bond acceptors (Lipinski definition) is 5. The van der Waals surface area contributed by atoms with Gasteiger partial charge in [-0.25, -0.2) is 4.68 Å². The number of benzene rings is 2. The minimum Gasteiger partial charge on any atom is -0.369 e. The molecular weight excluding hydrogens is 386 g/mol. The molecule has 1 aromatic heterocycles. The zero-order valence-corrected chi connectivity index (χ0v) is 17.1. The molecule has 0 radical (unpaired) electrons. The van der Waals surface area contributed by atoms with Crippen molar-refractivity contribution in [2.45, 2.75) is 13.3 Å². The number of ketones is 1. The molecule has 148 valence electrons. The molecule has 0 spiro atoms. The van der Waals surface area contributed by atoms with Gasteiger partial charge in [-0.2, -0.15) is 10.4 Å². The Bertz CT molecular complexity index is 1030. The summed E-state index contributed by atoms with van der Waals surface area (Å²) in [5.41, 5.74) is 2.62. The van der Waals surface area contributed by atoms with Gasteiger partial charge in [-0.15, -0.1) is 0 Å². The van der Waals surface area contributed by atoms with Crippen molar-refractivity contribution in [1.82, 2.24) is 15.1 Å². The number of hydrogen-bond donors (Lipinski definition) is 2. The summed E-state index contributed by atoms with van der Waals surface area (Å²) in [6, 6.07) is 16.5. The number of rotatable bonds is 8. The normalized spacial score (nSPS) is 10.6. The SMILES string of the molecule is CNCCCNc1c(C#N)c(C(=O)c2ccc(C)cc2)nn1-c1ccc(Cl)cc1. The summed E-state index contributed by atoms with van der Waals surface area (Å²) in [6.45, 7) is 3.42. The molecular formula is C22H22ClN5O. The Labute approximate surface area is 175 Å². The molecule has 0 saturated carbocycles. The zero-order valence-electron chi connectivity index (χ0n) is 16.4.